The summed E-state index contributed by atoms with van der Waals surface area (Å²) in [6.07, 6.45) is 1.71. The fourth-order valence-electron chi connectivity index (χ4n) is 2.04. The van der Waals surface area contributed by atoms with Gasteiger partial charge in [0.1, 0.15) is 11.2 Å². The SMILES string of the molecule is CCS(=O)(=O)C1CSCCN1c1ccc(CN)cn1. The third-order valence-electron chi connectivity index (χ3n) is 3.24. The maximum atomic E-state index is 12.2. The van der Waals surface area contributed by atoms with E-state index in [4.69, 9.17) is 5.73 Å². The summed E-state index contributed by atoms with van der Waals surface area (Å²) in [5, 5.41) is -0.465. The van der Waals surface area contributed by atoms with Crippen LogP contribution in [0.1, 0.15) is 12.5 Å². The molecule has 0 spiro atoms. The number of thioether (sulfide) groups is 1. The molecule has 1 aromatic rings. The van der Waals surface area contributed by atoms with Gasteiger partial charge in [0, 0.05) is 36.5 Å². The van der Waals surface area contributed by atoms with Gasteiger partial charge in [0.2, 0.25) is 0 Å². The Balaban J connectivity index is 2.28. The number of aromatic nitrogens is 1. The molecule has 0 bridgehead atoms. The number of hydrogen-bond donors (Lipinski definition) is 1. The maximum Gasteiger partial charge on any atom is 0.171 e. The predicted octanol–water partition coefficient (Wildman–Crippen LogP) is 0.854. The molecule has 7 heteroatoms. The van der Waals surface area contributed by atoms with Crippen LogP contribution in [0.15, 0.2) is 18.3 Å². The summed E-state index contributed by atoms with van der Waals surface area (Å²) >= 11 is 1.68. The average Bonchev–Trinajstić information content (AvgIpc) is 2.47. The highest BCUT2D eigenvalue weighted by Gasteiger charge is 2.33. The highest BCUT2D eigenvalue weighted by Crippen LogP contribution is 2.26. The lowest BCUT2D eigenvalue weighted by molar-refractivity contribution is 0.579. The highest BCUT2D eigenvalue weighted by atomic mass is 32.2. The number of rotatable bonds is 4. The zero-order valence-corrected chi connectivity index (χ0v) is 12.6. The first-order valence-corrected chi connectivity index (χ1v) is 9.16. The van der Waals surface area contributed by atoms with E-state index in [1.54, 1.807) is 24.9 Å². The Kier molecular flexibility index (Phi) is 4.70. The lowest BCUT2D eigenvalue weighted by Crippen LogP contribution is -2.48. The molecule has 5 nitrogen and oxygen atoms in total. The van der Waals surface area contributed by atoms with Gasteiger partial charge in [-0.2, -0.15) is 11.8 Å². The second-order valence-electron chi connectivity index (χ2n) is 4.40. The van der Waals surface area contributed by atoms with Crippen LogP contribution in [0.2, 0.25) is 0 Å². The average molecular weight is 301 g/mol. The van der Waals surface area contributed by atoms with Crippen LogP contribution in [0.5, 0.6) is 0 Å². The molecule has 1 aliphatic rings. The van der Waals surface area contributed by atoms with Crippen molar-refractivity contribution in [2.24, 2.45) is 5.73 Å². The number of nitrogens with zero attached hydrogens (tertiary/aromatic N) is 2. The normalized spacial score (nSPS) is 20.5. The van der Waals surface area contributed by atoms with Gasteiger partial charge in [-0.25, -0.2) is 13.4 Å². The largest absolute Gasteiger partial charge is 0.338 e. The van der Waals surface area contributed by atoms with E-state index < -0.39 is 15.2 Å². The van der Waals surface area contributed by atoms with Gasteiger partial charge < -0.3 is 10.6 Å². The second-order valence-corrected chi connectivity index (χ2v) is 8.00. The van der Waals surface area contributed by atoms with Gasteiger partial charge in [-0.05, 0) is 11.6 Å². The number of hydrogen-bond acceptors (Lipinski definition) is 6. The van der Waals surface area contributed by atoms with Crippen LogP contribution in [0.25, 0.3) is 0 Å². The summed E-state index contributed by atoms with van der Waals surface area (Å²) in [6.45, 7) is 2.85. The van der Waals surface area contributed by atoms with Crippen LogP contribution in [0, 0.1) is 0 Å². The van der Waals surface area contributed by atoms with Crippen LogP contribution < -0.4 is 10.6 Å². The molecule has 0 amide bonds. The Hall–Kier alpha value is -0.790. The van der Waals surface area contributed by atoms with Crippen molar-refractivity contribution in [3.8, 4) is 0 Å². The minimum Gasteiger partial charge on any atom is -0.338 e. The van der Waals surface area contributed by atoms with Crippen molar-refractivity contribution in [1.82, 2.24) is 4.98 Å². The number of nitrogens with two attached hydrogens (primary N) is 1. The van der Waals surface area contributed by atoms with E-state index >= 15 is 0 Å². The summed E-state index contributed by atoms with van der Waals surface area (Å²) in [4.78, 5) is 6.24. The zero-order valence-electron chi connectivity index (χ0n) is 10.9. The molecule has 2 heterocycles. The topological polar surface area (TPSA) is 76.3 Å². The number of sulfone groups is 1. The van der Waals surface area contributed by atoms with Gasteiger partial charge in [-0.3, -0.25) is 0 Å². The fourth-order valence-corrected chi connectivity index (χ4v) is 5.02. The lowest BCUT2D eigenvalue weighted by Gasteiger charge is -2.35. The lowest BCUT2D eigenvalue weighted by atomic mass is 10.3. The molecule has 0 aliphatic carbocycles. The molecule has 1 unspecified atom stereocenters. The third-order valence-corrected chi connectivity index (χ3v) is 6.53. The molecule has 1 fully saturated rings. The quantitative estimate of drug-likeness (QED) is 0.888. The first-order valence-electron chi connectivity index (χ1n) is 6.29. The van der Waals surface area contributed by atoms with E-state index in [1.165, 1.54) is 0 Å². The van der Waals surface area contributed by atoms with E-state index in [0.717, 1.165) is 17.1 Å². The van der Waals surface area contributed by atoms with Crippen LogP contribution in [-0.4, -0.2) is 42.6 Å². The molecule has 0 saturated carbocycles. The molecule has 1 aliphatic heterocycles. The molecule has 19 heavy (non-hydrogen) atoms. The summed E-state index contributed by atoms with van der Waals surface area (Å²) in [5.74, 6) is 2.42. The summed E-state index contributed by atoms with van der Waals surface area (Å²) < 4.78 is 24.3. The molecule has 1 aromatic heterocycles. The standard InChI is InChI=1S/C12H19N3O2S2/c1-2-19(16,17)12-9-18-6-5-15(12)11-4-3-10(7-13)8-14-11/h3-4,8,12H,2,5-7,9,13H2,1H3. The molecular weight excluding hydrogens is 282 g/mol. The molecule has 1 atom stereocenters. The third kappa shape index (κ3) is 3.21. The highest BCUT2D eigenvalue weighted by molar-refractivity contribution is 8.01. The van der Waals surface area contributed by atoms with E-state index in [1.807, 2.05) is 17.0 Å². The molecule has 2 N–H and O–H groups in total. The second kappa shape index (κ2) is 6.11. The summed E-state index contributed by atoms with van der Waals surface area (Å²) in [7, 11) is -3.09. The van der Waals surface area contributed by atoms with Crippen LogP contribution >= 0.6 is 11.8 Å². The van der Waals surface area contributed by atoms with Crippen molar-refractivity contribution in [3.05, 3.63) is 23.9 Å². The van der Waals surface area contributed by atoms with E-state index in [9.17, 15) is 8.42 Å². The van der Waals surface area contributed by atoms with Gasteiger partial charge in [-0.1, -0.05) is 13.0 Å². The number of anilines is 1. The van der Waals surface area contributed by atoms with Gasteiger partial charge in [-0.15, -0.1) is 0 Å². The van der Waals surface area contributed by atoms with Crippen molar-refractivity contribution in [2.45, 2.75) is 18.8 Å². The minimum atomic E-state index is -3.09. The first kappa shape index (κ1) is 14.6. The van der Waals surface area contributed by atoms with Crippen LogP contribution in [0.4, 0.5) is 5.82 Å². The molecule has 2 rings (SSSR count). The van der Waals surface area contributed by atoms with Gasteiger partial charge in [0.05, 0.1) is 0 Å². The molecule has 0 aromatic carbocycles. The summed E-state index contributed by atoms with van der Waals surface area (Å²) in [5.41, 5.74) is 6.49. The minimum absolute atomic E-state index is 0.162. The molecular formula is C12H19N3O2S2. The van der Waals surface area contributed by atoms with Gasteiger partial charge in [0.15, 0.2) is 9.84 Å². The van der Waals surface area contributed by atoms with E-state index in [2.05, 4.69) is 4.98 Å². The maximum absolute atomic E-state index is 12.2. The van der Waals surface area contributed by atoms with Crippen molar-refractivity contribution < 1.29 is 8.42 Å². The fraction of sp³-hybridized carbons (Fsp3) is 0.583. The Labute approximate surface area is 118 Å². The molecule has 0 radical (unpaired) electrons. The van der Waals surface area contributed by atoms with Gasteiger partial charge in [0.25, 0.3) is 0 Å². The Morgan fingerprint density at radius 3 is 2.89 bits per heavy atom. The van der Waals surface area contributed by atoms with Gasteiger partial charge >= 0.3 is 0 Å². The Morgan fingerprint density at radius 2 is 2.32 bits per heavy atom. The van der Waals surface area contributed by atoms with Crippen molar-refractivity contribution >= 4 is 27.4 Å². The molecule has 1 saturated heterocycles. The smallest absolute Gasteiger partial charge is 0.171 e. The Bertz CT molecular complexity index is 516. The summed E-state index contributed by atoms with van der Waals surface area (Å²) in [6, 6.07) is 3.76. The van der Waals surface area contributed by atoms with Crippen molar-refractivity contribution in [1.29, 1.82) is 0 Å². The zero-order chi connectivity index (χ0) is 13.9. The Morgan fingerprint density at radius 1 is 1.53 bits per heavy atom. The van der Waals surface area contributed by atoms with E-state index in [0.29, 0.717) is 18.8 Å². The van der Waals surface area contributed by atoms with Crippen LogP contribution in [0.3, 0.4) is 0 Å². The van der Waals surface area contributed by atoms with Crippen molar-refractivity contribution in [2.75, 3.05) is 28.7 Å². The number of pyridine rings is 1. The first-order chi connectivity index (χ1) is 9.08. The molecule has 106 valence electrons. The predicted molar refractivity (Wildman–Crippen MR) is 80.0 cm³/mol. The monoisotopic (exact) mass is 301 g/mol. The van der Waals surface area contributed by atoms with E-state index in [-0.39, 0.29) is 5.75 Å². The van der Waals surface area contributed by atoms with Crippen molar-refractivity contribution in [3.63, 3.8) is 0 Å². The van der Waals surface area contributed by atoms with Crippen LogP contribution in [-0.2, 0) is 16.4 Å².